The largest absolute Gasteiger partial charge is 0.372 e. The van der Waals surface area contributed by atoms with Crippen molar-refractivity contribution in [3.8, 4) is 0 Å². The summed E-state index contributed by atoms with van der Waals surface area (Å²) in [6.07, 6.45) is 14.9. The van der Waals surface area contributed by atoms with Gasteiger partial charge in [0.25, 0.3) is 0 Å². The molecule has 0 amide bonds. The van der Waals surface area contributed by atoms with Crippen LogP contribution in [0.2, 0.25) is 0 Å². The van der Waals surface area contributed by atoms with Crippen LogP contribution in [0, 0.1) is 0 Å². The summed E-state index contributed by atoms with van der Waals surface area (Å²) in [4.78, 5) is 7.84. The summed E-state index contributed by atoms with van der Waals surface area (Å²) in [6, 6.07) is 18.7. The van der Waals surface area contributed by atoms with Gasteiger partial charge in [-0.05, 0) is 74.7 Å². The molecule has 0 aliphatic heterocycles. The van der Waals surface area contributed by atoms with E-state index in [4.69, 9.17) is 0 Å². The fourth-order valence-corrected chi connectivity index (χ4v) is 6.73. The van der Waals surface area contributed by atoms with E-state index in [1.54, 1.807) is 0 Å². The molecule has 8 heteroatoms. The molecule has 4 rings (SSSR count). The van der Waals surface area contributed by atoms with E-state index in [2.05, 4.69) is 87.5 Å². The van der Waals surface area contributed by atoms with E-state index in [9.17, 15) is 0 Å². The molecule has 6 nitrogen and oxygen atoms in total. The van der Waals surface area contributed by atoms with Crippen LogP contribution in [0.3, 0.4) is 0 Å². The molecule has 0 saturated carbocycles. The van der Waals surface area contributed by atoms with Crippen molar-refractivity contribution in [2.24, 2.45) is 20.5 Å². The third-order valence-electron chi connectivity index (χ3n) is 7.31. The Morgan fingerprint density at radius 1 is 0.634 bits per heavy atom. The molecule has 0 saturated heterocycles. The summed E-state index contributed by atoms with van der Waals surface area (Å²) < 4.78 is 1.06. The van der Waals surface area contributed by atoms with E-state index in [0.29, 0.717) is 5.13 Å². The van der Waals surface area contributed by atoms with Gasteiger partial charge in [-0.1, -0.05) is 99.5 Å². The summed E-state index contributed by atoms with van der Waals surface area (Å²) in [5, 5.41) is 19.1. The lowest BCUT2D eigenvalue weighted by atomic mass is 10.0. The van der Waals surface area contributed by atoms with Crippen molar-refractivity contribution in [1.29, 1.82) is 0 Å². The van der Waals surface area contributed by atoms with Crippen molar-refractivity contribution in [2.45, 2.75) is 91.4 Å². The zero-order valence-corrected chi connectivity index (χ0v) is 26.5. The van der Waals surface area contributed by atoms with Gasteiger partial charge in [0, 0.05) is 18.8 Å². The number of hydrogen-bond acceptors (Lipinski definition) is 8. The summed E-state index contributed by atoms with van der Waals surface area (Å²) in [6.45, 7) is 8.58. The number of thiazole rings is 1. The molecular weight excluding hydrogens is 545 g/mol. The van der Waals surface area contributed by atoms with Crippen molar-refractivity contribution >= 4 is 59.4 Å². The van der Waals surface area contributed by atoms with Crippen LogP contribution in [-0.2, 0) is 6.42 Å². The van der Waals surface area contributed by atoms with Crippen molar-refractivity contribution in [3.63, 3.8) is 0 Å². The minimum Gasteiger partial charge on any atom is -0.372 e. The number of hydrogen-bond donors (Lipinski definition) is 0. The van der Waals surface area contributed by atoms with Crippen molar-refractivity contribution in [2.75, 3.05) is 18.0 Å². The van der Waals surface area contributed by atoms with Crippen LogP contribution in [0.1, 0.15) is 90.5 Å². The van der Waals surface area contributed by atoms with Gasteiger partial charge < -0.3 is 4.90 Å². The van der Waals surface area contributed by atoms with Gasteiger partial charge in [0.2, 0.25) is 5.13 Å². The van der Waals surface area contributed by atoms with Crippen molar-refractivity contribution < 1.29 is 0 Å². The topological polar surface area (TPSA) is 65.6 Å². The molecule has 2 heterocycles. The van der Waals surface area contributed by atoms with Gasteiger partial charge >= 0.3 is 0 Å². The third kappa shape index (κ3) is 10.1. The predicted molar refractivity (Wildman–Crippen MR) is 178 cm³/mol. The van der Waals surface area contributed by atoms with E-state index in [1.165, 1.54) is 98.1 Å². The second kappa shape index (κ2) is 17.1. The molecule has 2 aromatic heterocycles. The lowest BCUT2D eigenvalue weighted by Gasteiger charge is -2.20. The predicted octanol–water partition coefficient (Wildman–Crippen LogP) is 12.5. The Morgan fingerprint density at radius 2 is 1.22 bits per heavy atom. The number of azo groups is 2. The van der Waals surface area contributed by atoms with Crippen molar-refractivity contribution in [1.82, 2.24) is 4.98 Å². The number of thiophene rings is 1. The Hall–Kier alpha value is -2.97. The van der Waals surface area contributed by atoms with Crippen LogP contribution >= 0.6 is 22.7 Å². The highest BCUT2D eigenvalue weighted by Crippen LogP contribution is 2.39. The molecule has 0 unspecified atom stereocenters. The molecule has 4 aromatic rings. The fraction of sp³-hybridized carbons (Fsp3) is 0.485. The normalized spacial score (nSPS) is 11.9. The molecule has 0 atom stereocenters. The summed E-state index contributed by atoms with van der Waals surface area (Å²) in [5.41, 5.74) is 4.28. The van der Waals surface area contributed by atoms with E-state index in [1.807, 2.05) is 18.2 Å². The molecule has 0 spiro atoms. The summed E-state index contributed by atoms with van der Waals surface area (Å²) in [7, 11) is 0. The Kier molecular flexibility index (Phi) is 12.9. The number of anilines is 1. The molecule has 0 N–H and O–H groups in total. The number of aromatic nitrogens is 1. The van der Waals surface area contributed by atoms with Gasteiger partial charge in [-0.15, -0.1) is 20.5 Å². The highest BCUT2D eigenvalue weighted by atomic mass is 32.1. The average Bonchev–Trinajstić information content (AvgIpc) is 3.56. The van der Waals surface area contributed by atoms with Crippen LogP contribution in [0.15, 0.2) is 75.1 Å². The first-order valence-corrected chi connectivity index (χ1v) is 17.0. The van der Waals surface area contributed by atoms with Gasteiger partial charge in [0.15, 0.2) is 0 Å². The molecular formula is C33H44N6S2. The number of rotatable bonds is 18. The first kappa shape index (κ1) is 31.0. The van der Waals surface area contributed by atoms with E-state index >= 15 is 0 Å². The summed E-state index contributed by atoms with van der Waals surface area (Å²) in [5.74, 6) is 0. The van der Waals surface area contributed by atoms with E-state index < -0.39 is 0 Å². The highest BCUT2D eigenvalue weighted by Gasteiger charge is 2.09. The molecule has 218 valence electrons. The zero-order valence-electron chi connectivity index (χ0n) is 24.9. The van der Waals surface area contributed by atoms with Crippen LogP contribution in [-0.4, -0.2) is 18.1 Å². The van der Waals surface area contributed by atoms with Crippen LogP contribution in [0.4, 0.5) is 27.2 Å². The number of fused-ring (bicyclic) bond motifs is 1. The summed E-state index contributed by atoms with van der Waals surface area (Å²) >= 11 is 3.05. The fourth-order valence-electron chi connectivity index (χ4n) is 4.88. The van der Waals surface area contributed by atoms with E-state index in [-0.39, 0.29) is 0 Å². The average molecular weight is 589 g/mol. The van der Waals surface area contributed by atoms with Crippen LogP contribution in [0.5, 0.6) is 0 Å². The minimum atomic E-state index is 0.653. The van der Waals surface area contributed by atoms with Gasteiger partial charge in [-0.2, -0.15) is 0 Å². The molecule has 41 heavy (non-hydrogen) atoms. The van der Waals surface area contributed by atoms with Gasteiger partial charge in [0.1, 0.15) is 9.83 Å². The molecule has 0 aliphatic carbocycles. The molecule has 0 aliphatic rings. The lowest BCUT2D eigenvalue weighted by Crippen LogP contribution is -2.21. The third-order valence-corrected chi connectivity index (χ3v) is 9.24. The number of benzene rings is 2. The minimum absolute atomic E-state index is 0.653. The number of unbranched alkanes of at least 4 members (excludes halogenated alkanes) is 9. The Labute approximate surface area is 253 Å². The first-order chi connectivity index (χ1) is 20.2. The standard InChI is InChI=1S/C33H44N6S2/c1-4-7-8-9-10-11-12-13-14-15-16-26-17-19-27(20-18-26)35-37-31-25-30-32(41-31)34-33(40-30)38-36-28-21-23-29(24-22-28)39(5-2)6-3/h17-25H,4-16H2,1-3H3/b37-35+,38-36+. The highest BCUT2D eigenvalue weighted by molar-refractivity contribution is 7.30. The second-order valence-corrected chi connectivity index (χ2v) is 12.5. The quantitative estimate of drug-likeness (QED) is 0.0857. The monoisotopic (exact) mass is 588 g/mol. The Morgan fingerprint density at radius 3 is 1.83 bits per heavy atom. The zero-order chi connectivity index (χ0) is 28.7. The van der Waals surface area contributed by atoms with Gasteiger partial charge in [0.05, 0.1) is 16.1 Å². The number of aryl methyl sites for hydroxylation is 1. The lowest BCUT2D eigenvalue weighted by molar-refractivity contribution is 0.556. The second-order valence-electron chi connectivity index (χ2n) is 10.4. The Bertz CT molecular complexity index is 1320. The van der Waals surface area contributed by atoms with Crippen LogP contribution in [0.25, 0.3) is 9.53 Å². The maximum absolute atomic E-state index is 4.62. The first-order valence-electron chi connectivity index (χ1n) is 15.4. The van der Waals surface area contributed by atoms with Crippen molar-refractivity contribution in [3.05, 3.63) is 60.2 Å². The van der Waals surface area contributed by atoms with Crippen LogP contribution < -0.4 is 4.90 Å². The SMILES string of the molecule is CCCCCCCCCCCCc1ccc(/N=N/c2cc3sc(/N=N/c4ccc(N(CC)CC)cc4)nc3s2)cc1. The maximum atomic E-state index is 4.62. The van der Waals surface area contributed by atoms with E-state index in [0.717, 1.165) is 45.4 Å². The molecule has 2 aromatic carbocycles. The Balaban J connectivity index is 1.20. The van der Waals surface area contributed by atoms with Gasteiger partial charge in [-0.3, -0.25) is 0 Å². The molecule has 0 radical (unpaired) electrons. The maximum Gasteiger partial charge on any atom is 0.231 e. The van der Waals surface area contributed by atoms with Gasteiger partial charge in [-0.25, -0.2) is 4.98 Å². The molecule has 0 fully saturated rings. The number of nitrogens with zero attached hydrogens (tertiary/aromatic N) is 6. The molecule has 0 bridgehead atoms. The smallest absolute Gasteiger partial charge is 0.231 e.